The topological polar surface area (TPSA) is 99.4 Å². The van der Waals surface area contributed by atoms with E-state index in [1.807, 2.05) is 18.2 Å². The number of carbonyl (C=O) groups excluding carboxylic acids is 1. The van der Waals surface area contributed by atoms with Gasteiger partial charge in [-0.15, -0.1) is 0 Å². The van der Waals surface area contributed by atoms with Gasteiger partial charge in [-0.1, -0.05) is 24.3 Å². The average Bonchev–Trinajstić information content (AvgIpc) is 2.71. The fourth-order valence-corrected chi connectivity index (χ4v) is 2.68. The van der Waals surface area contributed by atoms with Gasteiger partial charge in [0, 0.05) is 29.4 Å². The zero-order valence-electron chi connectivity index (χ0n) is 15.1. The first-order chi connectivity index (χ1) is 13.1. The molecule has 3 aromatic rings. The Morgan fingerprint density at radius 2 is 1.93 bits per heavy atom. The lowest BCUT2D eigenvalue weighted by Gasteiger charge is -2.13. The van der Waals surface area contributed by atoms with Crippen molar-refractivity contribution in [3.8, 4) is 22.9 Å². The lowest BCUT2D eigenvalue weighted by Crippen LogP contribution is -2.23. The predicted molar refractivity (Wildman–Crippen MR) is 103 cm³/mol. The number of rotatable bonds is 6. The van der Waals surface area contributed by atoms with Crippen molar-refractivity contribution in [1.82, 2.24) is 15.3 Å². The number of nitrogen functional groups attached to an aromatic ring is 1. The summed E-state index contributed by atoms with van der Waals surface area (Å²) in [7, 11) is 3.14. The first-order valence-electron chi connectivity index (χ1n) is 8.29. The molecule has 3 rings (SSSR count). The second-order valence-electron chi connectivity index (χ2n) is 5.72. The number of benzene rings is 2. The maximum absolute atomic E-state index is 12.6. The second-order valence-corrected chi connectivity index (χ2v) is 5.72. The van der Waals surface area contributed by atoms with E-state index in [1.165, 1.54) is 0 Å². The molecule has 0 aliphatic rings. The zero-order valence-corrected chi connectivity index (χ0v) is 15.1. The monoisotopic (exact) mass is 364 g/mol. The summed E-state index contributed by atoms with van der Waals surface area (Å²) in [6.07, 6.45) is 1.58. The van der Waals surface area contributed by atoms with E-state index >= 15 is 0 Å². The molecule has 0 saturated heterocycles. The van der Waals surface area contributed by atoms with Crippen LogP contribution in [0.15, 0.2) is 54.7 Å². The third kappa shape index (κ3) is 4.14. The summed E-state index contributed by atoms with van der Waals surface area (Å²) >= 11 is 0. The van der Waals surface area contributed by atoms with Crippen LogP contribution in [-0.2, 0) is 6.54 Å². The van der Waals surface area contributed by atoms with Gasteiger partial charge >= 0.3 is 0 Å². The molecule has 7 nitrogen and oxygen atoms in total. The minimum atomic E-state index is -0.217. The molecule has 0 spiro atoms. The fourth-order valence-electron chi connectivity index (χ4n) is 2.68. The zero-order chi connectivity index (χ0) is 19.2. The van der Waals surface area contributed by atoms with Crippen molar-refractivity contribution < 1.29 is 14.3 Å². The molecule has 7 heteroatoms. The molecule has 1 aromatic heterocycles. The number of hydrogen-bond donors (Lipinski definition) is 2. The third-order valence-electron chi connectivity index (χ3n) is 3.98. The van der Waals surface area contributed by atoms with Crippen molar-refractivity contribution in [3.05, 3.63) is 65.9 Å². The van der Waals surface area contributed by atoms with E-state index in [1.54, 1.807) is 50.7 Å². The Bertz CT molecular complexity index is 959. The number of nitrogens with zero attached hydrogens (tertiary/aromatic N) is 2. The number of nitrogens with two attached hydrogens (primary N) is 1. The standard InChI is InChI=1S/C20H20N4O3/c1-26-16-8-4-7-15(18(16)27-2)12-23-20(25)14-6-3-5-13(11-14)19-22-10-9-17(21)24-19/h3-11H,12H2,1-2H3,(H,23,25)(H2,21,22,24). The average molecular weight is 364 g/mol. The summed E-state index contributed by atoms with van der Waals surface area (Å²) in [5.41, 5.74) is 7.74. The minimum absolute atomic E-state index is 0.217. The van der Waals surface area contributed by atoms with Crippen molar-refractivity contribution in [1.29, 1.82) is 0 Å². The van der Waals surface area contributed by atoms with E-state index in [9.17, 15) is 4.79 Å². The molecular formula is C20H20N4O3. The summed E-state index contributed by atoms with van der Waals surface area (Å²) in [6.45, 7) is 0.304. The van der Waals surface area contributed by atoms with Gasteiger partial charge in [0.05, 0.1) is 14.2 Å². The van der Waals surface area contributed by atoms with Gasteiger partial charge in [-0.3, -0.25) is 4.79 Å². The number of hydrogen-bond acceptors (Lipinski definition) is 6. The lowest BCUT2D eigenvalue weighted by molar-refractivity contribution is 0.0950. The molecule has 27 heavy (non-hydrogen) atoms. The van der Waals surface area contributed by atoms with Crippen LogP contribution in [0.4, 0.5) is 5.82 Å². The molecule has 0 radical (unpaired) electrons. The van der Waals surface area contributed by atoms with Gasteiger partial charge in [-0.2, -0.15) is 0 Å². The Balaban J connectivity index is 1.77. The maximum atomic E-state index is 12.6. The number of amides is 1. The molecule has 1 heterocycles. The number of para-hydroxylation sites is 1. The second kappa shape index (κ2) is 8.18. The largest absolute Gasteiger partial charge is 0.493 e. The van der Waals surface area contributed by atoms with Crippen molar-refractivity contribution in [3.63, 3.8) is 0 Å². The first kappa shape index (κ1) is 18.2. The van der Waals surface area contributed by atoms with Crippen LogP contribution in [0.25, 0.3) is 11.4 Å². The summed E-state index contributed by atoms with van der Waals surface area (Å²) in [6, 6.07) is 14.2. The summed E-state index contributed by atoms with van der Waals surface area (Å²) < 4.78 is 10.7. The quantitative estimate of drug-likeness (QED) is 0.698. The van der Waals surface area contributed by atoms with Gasteiger partial charge in [-0.05, 0) is 24.3 Å². The van der Waals surface area contributed by atoms with Gasteiger partial charge in [-0.25, -0.2) is 9.97 Å². The smallest absolute Gasteiger partial charge is 0.251 e. The van der Waals surface area contributed by atoms with Crippen LogP contribution in [-0.4, -0.2) is 30.1 Å². The van der Waals surface area contributed by atoms with Crippen LogP contribution in [0, 0.1) is 0 Å². The Morgan fingerprint density at radius 1 is 1.11 bits per heavy atom. The summed E-state index contributed by atoms with van der Waals surface area (Å²) in [5.74, 6) is 1.84. The Labute approximate surface area is 157 Å². The van der Waals surface area contributed by atoms with Crippen molar-refractivity contribution in [2.45, 2.75) is 6.54 Å². The number of carbonyl (C=O) groups is 1. The van der Waals surface area contributed by atoms with Crippen LogP contribution < -0.4 is 20.5 Å². The van der Waals surface area contributed by atoms with E-state index < -0.39 is 0 Å². The van der Waals surface area contributed by atoms with Crippen molar-refractivity contribution in [2.24, 2.45) is 0 Å². The van der Waals surface area contributed by atoms with Gasteiger partial charge in [0.15, 0.2) is 17.3 Å². The number of methoxy groups -OCH3 is 2. The molecule has 0 saturated carbocycles. The molecule has 3 N–H and O–H groups in total. The molecule has 138 valence electrons. The number of nitrogens with one attached hydrogen (secondary N) is 1. The van der Waals surface area contributed by atoms with Crippen LogP contribution in [0.1, 0.15) is 15.9 Å². The van der Waals surface area contributed by atoms with E-state index in [4.69, 9.17) is 15.2 Å². The molecule has 0 unspecified atom stereocenters. The molecule has 0 fully saturated rings. The Hall–Kier alpha value is -3.61. The van der Waals surface area contributed by atoms with E-state index in [0.717, 1.165) is 5.56 Å². The van der Waals surface area contributed by atoms with Crippen molar-refractivity contribution in [2.75, 3.05) is 20.0 Å². The number of anilines is 1. The fraction of sp³-hybridized carbons (Fsp3) is 0.150. The van der Waals surface area contributed by atoms with Crippen LogP contribution in [0.3, 0.4) is 0 Å². The SMILES string of the molecule is COc1cccc(CNC(=O)c2cccc(-c3nccc(N)n3)c2)c1OC. The van der Waals surface area contributed by atoms with Gasteiger partial charge in [0.25, 0.3) is 5.91 Å². The van der Waals surface area contributed by atoms with E-state index in [2.05, 4.69) is 15.3 Å². The highest BCUT2D eigenvalue weighted by Gasteiger charge is 2.12. The molecule has 2 aromatic carbocycles. The van der Waals surface area contributed by atoms with Gasteiger partial charge in [0.2, 0.25) is 0 Å². The molecule has 0 bridgehead atoms. The van der Waals surface area contributed by atoms with Crippen LogP contribution in [0.5, 0.6) is 11.5 Å². The number of ether oxygens (including phenoxy) is 2. The van der Waals surface area contributed by atoms with Crippen molar-refractivity contribution >= 4 is 11.7 Å². The van der Waals surface area contributed by atoms with Gasteiger partial charge < -0.3 is 20.5 Å². The van der Waals surface area contributed by atoms with E-state index in [0.29, 0.717) is 40.8 Å². The van der Waals surface area contributed by atoms with Crippen LogP contribution in [0.2, 0.25) is 0 Å². The summed E-state index contributed by atoms with van der Waals surface area (Å²) in [4.78, 5) is 20.9. The molecular weight excluding hydrogens is 344 g/mol. The summed E-state index contributed by atoms with van der Waals surface area (Å²) in [5, 5.41) is 2.89. The normalized spacial score (nSPS) is 10.3. The van der Waals surface area contributed by atoms with Gasteiger partial charge in [0.1, 0.15) is 5.82 Å². The minimum Gasteiger partial charge on any atom is -0.493 e. The highest BCUT2D eigenvalue weighted by molar-refractivity contribution is 5.95. The molecule has 1 amide bonds. The highest BCUT2D eigenvalue weighted by Crippen LogP contribution is 2.30. The lowest BCUT2D eigenvalue weighted by atomic mass is 10.1. The highest BCUT2D eigenvalue weighted by atomic mass is 16.5. The van der Waals surface area contributed by atoms with E-state index in [-0.39, 0.29) is 5.91 Å². The van der Waals surface area contributed by atoms with Crippen LogP contribution >= 0.6 is 0 Å². The Kier molecular flexibility index (Phi) is 5.51. The Morgan fingerprint density at radius 3 is 2.67 bits per heavy atom. The number of aromatic nitrogens is 2. The predicted octanol–water partition coefficient (Wildman–Crippen LogP) is 2.67. The first-order valence-corrected chi connectivity index (χ1v) is 8.29. The molecule has 0 aliphatic heterocycles. The molecule has 0 aliphatic carbocycles. The third-order valence-corrected chi connectivity index (χ3v) is 3.98. The maximum Gasteiger partial charge on any atom is 0.251 e. The molecule has 0 atom stereocenters.